The molecular formula is C57H57Cl3N12O15. The second kappa shape index (κ2) is 32.4. The van der Waals surface area contributed by atoms with Crippen LogP contribution in [0.1, 0.15) is 76.9 Å². The fraction of sp³-hybridized carbons (Fsp3) is 0.316. The van der Waals surface area contributed by atoms with Gasteiger partial charge in [-0.1, -0.05) is 126 Å². The molecule has 0 N–H and O–H groups in total. The number of carbonyl (C=O) groups excluding carboxylic acids is 6. The first-order valence-corrected chi connectivity index (χ1v) is 27.9. The molecule has 0 unspecified atom stereocenters. The summed E-state index contributed by atoms with van der Waals surface area (Å²) >= 11 is 18.3. The second-order valence-electron chi connectivity index (χ2n) is 17.3. The molecular weight excluding hydrogens is 1200 g/mol. The highest BCUT2D eigenvalue weighted by molar-refractivity contribution is 6.34. The van der Waals surface area contributed by atoms with E-state index in [-0.39, 0.29) is 55.1 Å². The van der Waals surface area contributed by atoms with Crippen molar-refractivity contribution in [1.29, 1.82) is 0 Å². The summed E-state index contributed by atoms with van der Waals surface area (Å²) in [5.41, 5.74) is 4.19. The van der Waals surface area contributed by atoms with Crippen molar-refractivity contribution in [3.63, 3.8) is 0 Å². The molecule has 3 aromatic carbocycles. The smallest absolute Gasteiger partial charge is 0.347 e. The average Bonchev–Trinajstić information content (AvgIpc) is 1.95. The van der Waals surface area contributed by atoms with Gasteiger partial charge in [-0.3, -0.25) is 13.7 Å². The van der Waals surface area contributed by atoms with Gasteiger partial charge in [0.05, 0.1) is 58.6 Å². The maximum atomic E-state index is 12.4. The summed E-state index contributed by atoms with van der Waals surface area (Å²) in [5.74, 6) is -5.06. The lowest BCUT2D eigenvalue weighted by Gasteiger charge is -2.24. The topological polar surface area (TPSA) is 316 Å². The molecule has 0 aliphatic heterocycles. The molecule has 30 heteroatoms. The summed E-state index contributed by atoms with van der Waals surface area (Å²) in [6.07, 6.45) is 0.697. The number of hydrogen-bond donors (Lipinski definition) is 0. The lowest BCUT2D eigenvalue weighted by atomic mass is 10.2. The number of nitrogens with zero attached hydrogens (tertiary/aromatic N) is 12. The second-order valence-corrected chi connectivity index (χ2v) is 18.4. The van der Waals surface area contributed by atoms with Crippen molar-refractivity contribution >= 4 is 104 Å². The van der Waals surface area contributed by atoms with E-state index >= 15 is 0 Å². The fourth-order valence-electron chi connectivity index (χ4n) is 8.07. The molecule has 9 aromatic rings. The third-order valence-corrected chi connectivity index (χ3v) is 12.6. The van der Waals surface area contributed by atoms with Gasteiger partial charge in [-0.2, -0.15) is 0 Å². The fourth-order valence-corrected chi connectivity index (χ4v) is 8.60. The number of esters is 6. The minimum Gasteiger partial charge on any atom is -0.464 e. The molecule has 0 saturated heterocycles. The molecule has 0 bridgehead atoms. The summed E-state index contributed by atoms with van der Waals surface area (Å²) in [6, 6.07) is 27.0. The van der Waals surface area contributed by atoms with Crippen LogP contribution >= 0.6 is 34.8 Å². The van der Waals surface area contributed by atoms with E-state index in [2.05, 4.69) is 44.9 Å². The molecule has 0 radical (unpaired) electrons. The predicted octanol–water partition coefficient (Wildman–Crippen LogP) is 7.61. The van der Waals surface area contributed by atoms with Gasteiger partial charge in [-0.05, 0) is 41.5 Å². The van der Waals surface area contributed by atoms with Crippen LogP contribution in [0.25, 0.3) is 33.5 Å². The maximum Gasteiger partial charge on any atom is 0.347 e. The van der Waals surface area contributed by atoms with Gasteiger partial charge in [0, 0.05) is 16.7 Å². The molecule has 0 amide bonds. The number of ether oxygens (including phenoxy) is 9. The zero-order valence-electron chi connectivity index (χ0n) is 47.5. The Balaban J connectivity index is 0.000000186. The van der Waals surface area contributed by atoms with Crippen molar-refractivity contribution in [3.05, 3.63) is 161 Å². The first-order valence-electron chi connectivity index (χ1n) is 26.8. The Morgan fingerprint density at radius 3 is 0.770 bits per heavy atom. The Morgan fingerprint density at radius 1 is 0.345 bits per heavy atom. The van der Waals surface area contributed by atoms with Crippen molar-refractivity contribution in [2.45, 2.75) is 78.5 Å². The molecule has 0 fully saturated rings. The first kappa shape index (κ1) is 65.4. The van der Waals surface area contributed by atoms with Gasteiger partial charge in [0.15, 0.2) is 51.1 Å². The normalized spacial score (nSPS) is 12.1. The molecule has 0 aliphatic rings. The minimum atomic E-state index is -1.59. The number of benzene rings is 3. The molecule has 0 aliphatic carbocycles. The average molecular weight is 1260 g/mol. The van der Waals surface area contributed by atoms with Crippen LogP contribution in [0.4, 0.5) is 0 Å². The van der Waals surface area contributed by atoms with Crippen molar-refractivity contribution in [2.24, 2.45) is 0 Å². The van der Waals surface area contributed by atoms with E-state index in [4.69, 9.17) is 77.4 Å². The van der Waals surface area contributed by atoms with E-state index in [1.54, 1.807) is 128 Å². The number of imidazole rings is 3. The van der Waals surface area contributed by atoms with E-state index < -0.39 is 72.8 Å². The molecule has 0 saturated carbocycles. The van der Waals surface area contributed by atoms with Gasteiger partial charge in [0.25, 0.3) is 18.3 Å². The summed E-state index contributed by atoms with van der Waals surface area (Å²) in [7, 11) is 0. The van der Waals surface area contributed by atoms with Gasteiger partial charge in [-0.25, -0.2) is 73.6 Å². The van der Waals surface area contributed by atoms with Crippen LogP contribution < -0.4 is 0 Å². The van der Waals surface area contributed by atoms with Crippen molar-refractivity contribution in [1.82, 2.24) is 58.6 Å². The number of halogens is 3. The Kier molecular flexibility index (Phi) is 24.4. The first-order chi connectivity index (χ1) is 42.2. The van der Waals surface area contributed by atoms with Crippen molar-refractivity contribution in [3.8, 4) is 0 Å². The lowest BCUT2D eigenvalue weighted by Crippen LogP contribution is -2.38. The van der Waals surface area contributed by atoms with Crippen LogP contribution in [0.15, 0.2) is 129 Å². The molecule has 6 heterocycles. The number of carbonyl (C=O) groups is 6. The van der Waals surface area contributed by atoms with Crippen LogP contribution in [0.3, 0.4) is 0 Å². The maximum absolute atomic E-state index is 12.4. The van der Waals surface area contributed by atoms with E-state index in [1.807, 2.05) is 18.2 Å². The summed E-state index contributed by atoms with van der Waals surface area (Å²) < 4.78 is 52.4. The third kappa shape index (κ3) is 16.4. The van der Waals surface area contributed by atoms with Gasteiger partial charge < -0.3 is 42.6 Å². The molecule has 3 atom stereocenters. The van der Waals surface area contributed by atoms with E-state index in [9.17, 15) is 28.8 Å². The summed E-state index contributed by atoms with van der Waals surface area (Å²) in [6.45, 7) is 10.3. The Hall–Kier alpha value is -9.12. The summed E-state index contributed by atoms with van der Waals surface area (Å²) in [5, 5.41) is 0.522. The zero-order valence-corrected chi connectivity index (χ0v) is 49.7. The SMILES string of the molecule is CCOC(=O)C(O[C@@H](c1ccccc1)n1cnc2c(Cl)ncnc21)C(=O)OCC.CCOC(=O)C(O[C@@H](c1ccccc1)n1cnc2c(Cl)ncnc21)C(=O)OCC.CCOC(=O)C(O[C@H](c1ccccc1)n1cnc2c(Cl)ncnc21)C(=O)OCC. The number of aromatic nitrogens is 12. The number of hydrogen-bond acceptors (Lipinski definition) is 24. The van der Waals surface area contributed by atoms with Gasteiger partial charge in [0.2, 0.25) is 0 Å². The van der Waals surface area contributed by atoms with Gasteiger partial charge in [0.1, 0.15) is 35.5 Å². The lowest BCUT2D eigenvalue weighted by molar-refractivity contribution is -0.180. The Labute approximate surface area is 511 Å². The quantitative estimate of drug-likeness (QED) is 0.0243. The van der Waals surface area contributed by atoms with Crippen LogP contribution in [0.2, 0.25) is 15.5 Å². The monoisotopic (exact) mass is 1250 g/mol. The number of fused-ring (bicyclic) bond motifs is 3. The van der Waals surface area contributed by atoms with Crippen molar-refractivity contribution in [2.75, 3.05) is 39.6 Å². The van der Waals surface area contributed by atoms with Crippen molar-refractivity contribution < 1.29 is 71.4 Å². The highest BCUT2D eigenvalue weighted by Crippen LogP contribution is 2.31. The van der Waals surface area contributed by atoms with E-state index in [0.717, 1.165) is 0 Å². The van der Waals surface area contributed by atoms with Gasteiger partial charge >= 0.3 is 35.8 Å². The van der Waals surface area contributed by atoms with E-state index in [1.165, 1.54) is 38.0 Å². The molecule has 9 rings (SSSR count). The van der Waals surface area contributed by atoms with Gasteiger partial charge in [-0.15, -0.1) is 0 Å². The predicted molar refractivity (Wildman–Crippen MR) is 309 cm³/mol. The molecule has 0 spiro atoms. The Morgan fingerprint density at radius 2 is 0.563 bits per heavy atom. The molecule has 27 nitrogen and oxygen atoms in total. The Bertz CT molecular complexity index is 3310. The van der Waals surface area contributed by atoms with E-state index in [0.29, 0.717) is 50.2 Å². The zero-order chi connectivity index (χ0) is 62.4. The van der Waals surface area contributed by atoms with Crippen LogP contribution in [0.5, 0.6) is 0 Å². The highest BCUT2D eigenvalue weighted by atomic mass is 35.5. The van der Waals surface area contributed by atoms with Crippen LogP contribution in [0, 0.1) is 0 Å². The molecule has 6 aromatic heterocycles. The molecule has 456 valence electrons. The number of rotatable bonds is 24. The van der Waals surface area contributed by atoms with Crippen LogP contribution in [-0.2, 0) is 71.4 Å². The molecule has 87 heavy (non-hydrogen) atoms. The largest absolute Gasteiger partial charge is 0.464 e. The summed E-state index contributed by atoms with van der Waals surface area (Å²) in [4.78, 5) is 111. The third-order valence-electron chi connectivity index (χ3n) is 11.8. The minimum absolute atomic E-state index is 0.0882. The van der Waals surface area contributed by atoms with Crippen LogP contribution in [-0.4, -0.2) is 152 Å². The standard InChI is InChI=1S/3C19H19ClN4O5/c3*1-3-27-18(25)14(19(26)28-4-2)29-17(12-8-6-5-7-9-12)24-11-23-13-15(20)21-10-22-16(13)24/h3*5-11,14,17H,3-4H2,1-2H3/t3*17-/m100/s1. The highest BCUT2D eigenvalue weighted by Gasteiger charge is 2.38.